The zero-order chi connectivity index (χ0) is 23.3. The first-order valence-corrected chi connectivity index (χ1v) is 12.7. The molecule has 0 radical (unpaired) electrons. The van der Waals surface area contributed by atoms with Gasteiger partial charge in [0, 0.05) is 19.5 Å². The highest BCUT2D eigenvalue weighted by atomic mass is 16.6. The minimum absolute atomic E-state index is 0.0281. The van der Waals surface area contributed by atoms with E-state index < -0.39 is 6.10 Å². The van der Waals surface area contributed by atoms with Crippen molar-refractivity contribution in [2.75, 3.05) is 32.8 Å². The van der Waals surface area contributed by atoms with Crippen LogP contribution in [0.4, 0.5) is 0 Å². The van der Waals surface area contributed by atoms with E-state index in [1.807, 2.05) is 32.0 Å². The van der Waals surface area contributed by atoms with Gasteiger partial charge >= 0.3 is 0 Å². The maximum atomic E-state index is 12.6. The fourth-order valence-corrected chi connectivity index (χ4v) is 4.34. The van der Waals surface area contributed by atoms with Crippen LogP contribution in [0.5, 0.6) is 11.5 Å². The first-order chi connectivity index (χ1) is 15.6. The molecule has 2 aliphatic rings. The normalized spacial score (nSPS) is 19.6. The molecule has 1 unspecified atom stereocenters. The van der Waals surface area contributed by atoms with E-state index in [1.54, 1.807) is 0 Å². The fraction of sp³-hybridized carbons (Fsp3) is 0.731. The van der Waals surface area contributed by atoms with E-state index in [0.29, 0.717) is 43.6 Å². The monoisotopic (exact) mass is 448 g/mol. The SMILES string of the molecule is CC.CCCCCCCC(=O)N[C@H](CN1CC[C@@H](C)C1)C(O)c1ccc2c(c1)OCCO2. The Hall–Kier alpha value is -1.79. The van der Waals surface area contributed by atoms with Crippen LogP contribution in [0.3, 0.4) is 0 Å². The van der Waals surface area contributed by atoms with Gasteiger partial charge < -0.3 is 24.8 Å². The zero-order valence-corrected chi connectivity index (χ0v) is 20.6. The molecule has 2 heterocycles. The molecule has 1 aromatic carbocycles. The third-order valence-electron chi connectivity index (χ3n) is 6.11. The van der Waals surface area contributed by atoms with Gasteiger partial charge in [0.1, 0.15) is 19.3 Å². The molecule has 182 valence electrons. The maximum Gasteiger partial charge on any atom is 0.220 e. The van der Waals surface area contributed by atoms with Crippen molar-refractivity contribution in [1.29, 1.82) is 0 Å². The summed E-state index contributed by atoms with van der Waals surface area (Å²) in [7, 11) is 0. The average Bonchev–Trinajstić information content (AvgIpc) is 3.23. The molecule has 2 aliphatic heterocycles. The van der Waals surface area contributed by atoms with Gasteiger partial charge in [-0.3, -0.25) is 4.79 Å². The molecule has 0 aliphatic carbocycles. The Kier molecular flexibility index (Phi) is 11.9. The summed E-state index contributed by atoms with van der Waals surface area (Å²) in [5.74, 6) is 2.05. The molecular weight excluding hydrogens is 404 g/mol. The number of nitrogens with zero attached hydrogens (tertiary/aromatic N) is 1. The number of carbonyl (C=O) groups is 1. The predicted octanol–water partition coefficient (Wildman–Crippen LogP) is 4.70. The Morgan fingerprint density at radius 1 is 1.16 bits per heavy atom. The average molecular weight is 449 g/mol. The number of hydrogen-bond donors (Lipinski definition) is 2. The van der Waals surface area contributed by atoms with Crippen molar-refractivity contribution >= 4 is 5.91 Å². The first kappa shape index (κ1) is 26.5. The lowest BCUT2D eigenvalue weighted by Gasteiger charge is -2.29. The number of carbonyl (C=O) groups excluding carboxylic acids is 1. The number of aliphatic hydroxyl groups is 1. The summed E-state index contributed by atoms with van der Waals surface area (Å²) in [5, 5.41) is 14.3. The van der Waals surface area contributed by atoms with Gasteiger partial charge in [0.15, 0.2) is 11.5 Å². The Bertz CT molecular complexity index is 682. The summed E-state index contributed by atoms with van der Waals surface area (Å²) in [5.41, 5.74) is 0.750. The Morgan fingerprint density at radius 3 is 2.56 bits per heavy atom. The molecule has 6 nitrogen and oxygen atoms in total. The summed E-state index contributed by atoms with van der Waals surface area (Å²) < 4.78 is 11.3. The third kappa shape index (κ3) is 8.28. The van der Waals surface area contributed by atoms with Gasteiger partial charge in [-0.25, -0.2) is 0 Å². The van der Waals surface area contributed by atoms with Crippen LogP contribution < -0.4 is 14.8 Å². The van der Waals surface area contributed by atoms with Crippen LogP contribution in [0.15, 0.2) is 18.2 Å². The molecule has 1 fully saturated rings. The highest BCUT2D eigenvalue weighted by Crippen LogP contribution is 2.33. The molecule has 0 bridgehead atoms. The van der Waals surface area contributed by atoms with Crippen molar-refractivity contribution in [3.8, 4) is 11.5 Å². The second-order valence-corrected chi connectivity index (χ2v) is 8.84. The van der Waals surface area contributed by atoms with E-state index in [4.69, 9.17) is 9.47 Å². The molecule has 1 saturated heterocycles. The zero-order valence-electron chi connectivity index (χ0n) is 20.6. The van der Waals surface area contributed by atoms with Gasteiger partial charge in [0.25, 0.3) is 0 Å². The largest absolute Gasteiger partial charge is 0.486 e. The molecule has 3 rings (SSSR count). The molecule has 3 atom stereocenters. The van der Waals surface area contributed by atoms with Crippen molar-refractivity contribution in [2.24, 2.45) is 5.92 Å². The van der Waals surface area contributed by atoms with Crippen LogP contribution in [0.25, 0.3) is 0 Å². The number of rotatable bonds is 11. The van der Waals surface area contributed by atoms with Crippen molar-refractivity contribution < 1.29 is 19.4 Å². The van der Waals surface area contributed by atoms with Gasteiger partial charge in [-0.15, -0.1) is 0 Å². The number of nitrogens with one attached hydrogen (secondary N) is 1. The molecule has 2 N–H and O–H groups in total. The first-order valence-electron chi connectivity index (χ1n) is 12.7. The molecule has 0 saturated carbocycles. The van der Waals surface area contributed by atoms with Gasteiger partial charge in [-0.1, -0.05) is 59.4 Å². The smallest absolute Gasteiger partial charge is 0.220 e. The number of aliphatic hydroxyl groups excluding tert-OH is 1. The number of fused-ring (bicyclic) bond motifs is 1. The number of benzene rings is 1. The van der Waals surface area contributed by atoms with Crippen LogP contribution in [0, 0.1) is 5.92 Å². The van der Waals surface area contributed by atoms with Crippen LogP contribution in [-0.2, 0) is 4.79 Å². The van der Waals surface area contributed by atoms with Crippen molar-refractivity contribution in [1.82, 2.24) is 10.2 Å². The molecule has 0 aromatic heterocycles. The quantitative estimate of drug-likeness (QED) is 0.480. The van der Waals surface area contributed by atoms with E-state index in [1.165, 1.54) is 19.3 Å². The van der Waals surface area contributed by atoms with Gasteiger partial charge in [0.05, 0.1) is 6.04 Å². The number of ether oxygens (including phenoxy) is 2. The van der Waals surface area contributed by atoms with Crippen molar-refractivity contribution in [2.45, 2.75) is 84.8 Å². The fourth-order valence-electron chi connectivity index (χ4n) is 4.34. The van der Waals surface area contributed by atoms with E-state index in [-0.39, 0.29) is 11.9 Å². The predicted molar refractivity (Wildman–Crippen MR) is 129 cm³/mol. The lowest BCUT2D eigenvalue weighted by molar-refractivity contribution is -0.123. The van der Waals surface area contributed by atoms with E-state index in [9.17, 15) is 9.90 Å². The highest BCUT2D eigenvalue weighted by molar-refractivity contribution is 5.76. The third-order valence-corrected chi connectivity index (χ3v) is 6.11. The van der Waals surface area contributed by atoms with E-state index >= 15 is 0 Å². The molecular formula is C26H44N2O4. The molecule has 6 heteroatoms. The standard InChI is InChI=1S/C24H38N2O4.C2H6/c1-3-4-5-6-7-8-23(27)25-20(17-26-12-11-18(2)16-26)24(28)19-9-10-21-22(15-19)30-14-13-29-21;1-2/h9-10,15,18,20,24,28H,3-8,11-14,16-17H2,1-2H3,(H,25,27);1-2H3/t18-,20-,24?;/m1./s1. The van der Waals surface area contributed by atoms with Crippen LogP contribution in [0.2, 0.25) is 0 Å². The van der Waals surface area contributed by atoms with Crippen molar-refractivity contribution in [3.05, 3.63) is 23.8 Å². The highest BCUT2D eigenvalue weighted by Gasteiger charge is 2.29. The lowest BCUT2D eigenvalue weighted by atomic mass is 10.0. The van der Waals surface area contributed by atoms with Gasteiger partial charge in [-0.2, -0.15) is 0 Å². The number of amides is 1. The topological polar surface area (TPSA) is 71.0 Å². The summed E-state index contributed by atoms with van der Waals surface area (Å²) in [6.45, 7) is 12.2. The summed E-state index contributed by atoms with van der Waals surface area (Å²) in [6.07, 6.45) is 6.48. The summed E-state index contributed by atoms with van der Waals surface area (Å²) in [4.78, 5) is 15.0. The summed E-state index contributed by atoms with van der Waals surface area (Å²) >= 11 is 0. The minimum atomic E-state index is -0.791. The van der Waals surface area contributed by atoms with Crippen LogP contribution >= 0.6 is 0 Å². The minimum Gasteiger partial charge on any atom is -0.486 e. The second-order valence-electron chi connectivity index (χ2n) is 8.84. The van der Waals surface area contributed by atoms with Crippen LogP contribution in [0.1, 0.15) is 84.3 Å². The van der Waals surface area contributed by atoms with Gasteiger partial charge in [-0.05, 0) is 43.0 Å². The second kappa shape index (κ2) is 14.4. The molecule has 32 heavy (non-hydrogen) atoms. The van der Waals surface area contributed by atoms with Crippen molar-refractivity contribution in [3.63, 3.8) is 0 Å². The molecule has 0 spiro atoms. The molecule has 1 amide bonds. The maximum absolute atomic E-state index is 12.6. The van der Waals surface area contributed by atoms with E-state index in [0.717, 1.165) is 37.9 Å². The Morgan fingerprint density at radius 2 is 1.88 bits per heavy atom. The lowest BCUT2D eigenvalue weighted by Crippen LogP contribution is -2.46. The number of likely N-dealkylation sites (tertiary alicyclic amines) is 1. The Balaban J connectivity index is 0.00000176. The number of unbranched alkanes of at least 4 members (excludes halogenated alkanes) is 4. The number of hydrogen-bond acceptors (Lipinski definition) is 5. The van der Waals surface area contributed by atoms with E-state index in [2.05, 4.69) is 24.1 Å². The Labute approximate surface area is 194 Å². The van der Waals surface area contributed by atoms with Gasteiger partial charge in [0.2, 0.25) is 5.91 Å². The van der Waals surface area contributed by atoms with Crippen LogP contribution in [-0.4, -0.2) is 54.8 Å². The molecule has 1 aromatic rings. The summed E-state index contributed by atoms with van der Waals surface area (Å²) in [6, 6.07) is 5.21.